The molecule has 0 fully saturated rings. The van der Waals surface area contributed by atoms with Gasteiger partial charge >= 0.3 is 0 Å². The molecule has 4 nitrogen and oxygen atoms in total. The van der Waals surface area contributed by atoms with E-state index in [1.54, 1.807) is 0 Å². The third kappa shape index (κ3) is 5.26. The first kappa shape index (κ1) is 32.4. The van der Waals surface area contributed by atoms with Crippen molar-refractivity contribution in [1.82, 2.24) is 9.88 Å². The Kier molecular flexibility index (Phi) is 7.30. The molecule has 8 aromatic carbocycles. The van der Waals surface area contributed by atoms with Crippen LogP contribution in [-0.4, -0.2) is 16.2 Å². The first-order chi connectivity index (χ1) is 28.2. The van der Waals surface area contributed by atoms with Crippen molar-refractivity contribution in [3.63, 3.8) is 0 Å². The molecule has 0 aliphatic carbocycles. The molecule has 6 heteroatoms. The monoisotopic (exact) mass is 764 g/mol. The smallest absolute Gasteiger partial charge is 0.159 e. The predicted octanol–water partition coefficient (Wildman–Crippen LogP) is 13.7. The molecule has 12 rings (SSSR count). The van der Waals surface area contributed by atoms with E-state index in [0.29, 0.717) is 5.84 Å². The molecule has 3 aromatic heterocycles. The lowest BCUT2D eigenvalue weighted by Gasteiger charge is -2.23. The van der Waals surface area contributed by atoms with Crippen LogP contribution in [0.2, 0.25) is 0 Å². The van der Waals surface area contributed by atoms with E-state index < -0.39 is 0 Å². The minimum atomic E-state index is -0.273. The lowest BCUT2D eigenvalue weighted by atomic mass is 9.99. The Bertz CT molecular complexity index is 3440. The molecular formula is C51H32N4S2. The van der Waals surface area contributed by atoms with Crippen molar-refractivity contribution in [2.75, 3.05) is 0 Å². The molecule has 1 N–H and O–H groups in total. The average Bonchev–Trinajstić information content (AvgIpc) is 3.95. The van der Waals surface area contributed by atoms with Crippen molar-refractivity contribution in [1.29, 1.82) is 0 Å². The van der Waals surface area contributed by atoms with Crippen LogP contribution < -0.4 is 5.32 Å². The fraction of sp³-hybridized carbons (Fsp3) is 0.0196. The highest BCUT2D eigenvalue weighted by atomic mass is 32.1. The van der Waals surface area contributed by atoms with Crippen LogP contribution in [0.4, 0.5) is 0 Å². The summed E-state index contributed by atoms with van der Waals surface area (Å²) in [7, 11) is 0. The van der Waals surface area contributed by atoms with Gasteiger partial charge in [-0.2, -0.15) is 0 Å². The average molecular weight is 765 g/mol. The standard InChI is InChI=1S/C51H32N4S2/c1-3-13-31(14-4-1)49-52-50(32-15-5-2-6-16-32)54-51(53-49)34-23-25-37-36-17-7-10-20-43(36)55(44(37)28-34)35-29-40(48-42(30-35)39-19-9-12-22-46(39)57-48)33-24-26-47-41(27-33)38-18-8-11-21-45(38)56-47/h1-30,49H,(H,52,53,54). The molecule has 268 valence electrons. The second-order valence-corrected chi connectivity index (χ2v) is 16.7. The van der Waals surface area contributed by atoms with E-state index in [1.807, 2.05) is 34.8 Å². The fourth-order valence-corrected chi connectivity index (χ4v) is 10.9. The zero-order chi connectivity index (χ0) is 37.5. The Hall–Kier alpha value is -6.86. The van der Waals surface area contributed by atoms with Crippen LogP contribution in [-0.2, 0) is 0 Å². The van der Waals surface area contributed by atoms with Crippen LogP contribution in [0, 0.1) is 0 Å². The minimum absolute atomic E-state index is 0.273. The van der Waals surface area contributed by atoms with Gasteiger partial charge in [-0.15, -0.1) is 22.7 Å². The first-order valence-electron chi connectivity index (χ1n) is 19.2. The maximum Gasteiger partial charge on any atom is 0.159 e. The topological polar surface area (TPSA) is 41.7 Å². The maximum atomic E-state index is 5.24. The summed E-state index contributed by atoms with van der Waals surface area (Å²) in [6, 6.07) is 65.6. The summed E-state index contributed by atoms with van der Waals surface area (Å²) in [5.41, 5.74) is 8.97. The zero-order valence-electron chi connectivity index (χ0n) is 30.6. The number of para-hydroxylation sites is 1. The summed E-state index contributed by atoms with van der Waals surface area (Å²) in [5.74, 6) is 1.52. The number of rotatable bonds is 5. The predicted molar refractivity (Wildman–Crippen MR) is 244 cm³/mol. The van der Waals surface area contributed by atoms with Gasteiger partial charge in [0.2, 0.25) is 0 Å². The van der Waals surface area contributed by atoms with E-state index in [4.69, 9.17) is 9.98 Å². The van der Waals surface area contributed by atoms with Gasteiger partial charge in [0.15, 0.2) is 5.84 Å². The SMILES string of the molecule is c1ccc(C2=NC(c3ccc4c5ccccc5n(-c5cc(-c6ccc7sc8ccccc8c7c6)c6sc7ccccc7c6c5)c4c3)=NC(c3ccccc3)N2)cc1. The van der Waals surface area contributed by atoms with Crippen molar-refractivity contribution < 1.29 is 0 Å². The maximum absolute atomic E-state index is 5.24. The van der Waals surface area contributed by atoms with Crippen LogP contribution >= 0.6 is 22.7 Å². The van der Waals surface area contributed by atoms with Gasteiger partial charge < -0.3 is 9.88 Å². The Morgan fingerprint density at radius 1 is 0.456 bits per heavy atom. The minimum Gasteiger partial charge on any atom is -0.344 e. The third-order valence-electron chi connectivity index (χ3n) is 11.2. The van der Waals surface area contributed by atoms with Crippen molar-refractivity contribution in [3.8, 4) is 16.8 Å². The number of thiophene rings is 2. The Labute approximate surface area is 336 Å². The van der Waals surface area contributed by atoms with Gasteiger partial charge in [-0.05, 0) is 59.7 Å². The van der Waals surface area contributed by atoms with E-state index in [0.717, 1.165) is 39.2 Å². The molecule has 0 bridgehead atoms. The summed E-state index contributed by atoms with van der Waals surface area (Å²) >= 11 is 3.75. The van der Waals surface area contributed by atoms with Gasteiger partial charge in [0.05, 0.1) is 11.0 Å². The number of hydrogen-bond acceptors (Lipinski definition) is 5. The summed E-state index contributed by atoms with van der Waals surface area (Å²) in [4.78, 5) is 10.4. The van der Waals surface area contributed by atoms with E-state index >= 15 is 0 Å². The summed E-state index contributed by atoms with van der Waals surface area (Å²) < 4.78 is 7.67. The largest absolute Gasteiger partial charge is 0.344 e. The molecule has 1 atom stereocenters. The molecule has 57 heavy (non-hydrogen) atoms. The molecule has 1 aliphatic heterocycles. The summed E-state index contributed by atoms with van der Waals surface area (Å²) in [6.45, 7) is 0. The van der Waals surface area contributed by atoms with Crippen molar-refractivity contribution in [2.24, 2.45) is 9.98 Å². The third-order valence-corrected chi connectivity index (χ3v) is 13.6. The molecule has 1 unspecified atom stereocenters. The van der Waals surface area contributed by atoms with Crippen molar-refractivity contribution >= 4 is 96.5 Å². The highest BCUT2D eigenvalue weighted by Gasteiger charge is 2.23. The Morgan fingerprint density at radius 3 is 1.93 bits per heavy atom. The summed E-state index contributed by atoms with van der Waals surface area (Å²) in [6.07, 6.45) is -0.273. The zero-order valence-corrected chi connectivity index (χ0v) is 32.2. The molecule has 1 aliphatic rings. The highest BCUT2D eigenvalue weighted by Crippen LogP contribution is 2.45. The number of aromatic nitrogens is 1. The van der Waals surface area contributed by atoms with Crippen LogP contribution in [0.3, 0.4) is 0 Å². The van der Waals surface area contributed by atoms with E-state index in [1.165, 1.54) is 62.2 Å². The van der Waals surface area contributed by atoms with E-state index in [2.05, 4.69) is 180 Å². The van der Waals surface area contributed by atoms with Crippen LogP contribution in [0.25, 0.3) is 79.0 Å². The van der Waals surface area contributed by atoms with Gasteiger partial charge in [0.1, 0.15) is 12.0 Å². The lowest BCUT2D eigenvalue weighted by Crippen LogP contribution is -2.33. The Morgan fingerprint density at radius 2 is 1.11 bits per heavy atom. The number of nitrogens with one attached hydrogen (secondary N) is 1. The van der Waals surface area contributed by atoms with Gasteiger partial charge in [-0.1, -0.05) is 133 Å². The van der Waals surface area contributed by atoms with Gasteiger partial charge in [-0.25, -0.2) is 9.98 Å². The van der Waals surface area contributed by atoms with Crippen LogP contribution in [0.15, 0.2) is 192 Å². The normalized spacial score (nSPS) is 14.5. The molecule has 0 amide bonds. The number of hydrogen-bond donors (Lipinski definition) is 1. The second-order valence-electron chi connectivity index (χ2n) is 14.6. The first-order valence-corrected chi connectivity index (χ1v) is 20.8. The van der Waals surface area contributed by atoms with Crippen molar-refractivity contribution in [3.05, 3.63) is 199 Å². The number of fused-ring (bicyclic) bond motifs is 9. The van der Waals surface area contributed by atoms with E-state index in [-0.39, 0.29) is 6.17 Å². The Balaban J connectivity index is 1.10. The number of benzene rings is 8. The van der Waals surface area contributed by atoms with Gasteiger partial charge in [0.25, 0.3) is 0 Å². The molecule has 0 spiro atoms. The van der Waals surface area contributed by atoms with Crippen molar-refractivity contribution in [2.45, 2.75) is 6.17 Å². The molecular weight excluding hydrogens is 733 g/mol. The second kappa shape index (κ2) is 12.8. The van der Waals surface area contributed by atoms with Gasteiger partial charge in [-0.3, -0.25) is 0 Å². The van der Waals surface area contributed by atoms with E-state index in [9.17, 15) is 0 Å². The molecule has 0 radical (unpaired) electrons. The number of aliphatic imine (C=N–C) groups is 2. The summed E-state index contributed by atoms with van der Waals surface area (Å²) in [5, 5.41) is 11.2. The van der Waals surface area contributed by atoms with Gasteiger partial charge in [0, 0.05) is 73.5 Å². The quantitative estimate of drug-likeness (QED) is 0.186. The molecule has 0 saturated carbocycles. The highest BCUT2D eigenvalue weighted by molar-refractivity contribution is 7.26. The lowest BCUT2D eigenvalue weighted by molar-refractivity contribution is 0.674. The van der Waals surface area contributed by atoms with Crippen LogP contribution in [0.1, 0.15) is 22.9 Å². The number of nitrogens with zero attached hydrogens (tertiary/aromatic N) is 3. The molecule has 11 aromatic rings. The molecule has 4 heterocycles. The fourth-order valence-electron chi connectivity index (χ4n) is 8.56. The molecule has 0 saturated heterocycles. The van der Waals surface area contributed by atoms with Crippen LogP contribution in [0.5, 0.6) is 0 Å². The number of amidine groups is 2.